The van der Waals surface area contributed by atoms with Crippen molar-refractivity contribution in [2.45, 2.75) is 5.75 Å². The molecule has 0 spiro atoms. The average Bonchev–Trinajstić information content (AvgIpc) is 2.70. The minimum Gasteiger partial charge on any atom is -0.358 e. The van der Waals surface area contributed by atoms with E-state index in [1.807, 2.05) is 6.07 Å². The van der Waals surface area contributed by atoms with Crippen LogP contribution in [-0.2, 0) is 5.75 Å². The molecular weight excluding hydrogens is 264 g/mol. The topological polar surface area (TPSA) is 72.5 Å². The standard InChI is InChI=1S/C12H14N4O2S/c17-16(18)12-10(8-19-7-9-5-13-6-9)14-11-3-1-2-4-15(11)12/h1-4,9,13H,5-8H2. The van der Waals surface area contributed by atoms with E-state index in [0.29, 0.717) is 23.0 Å². The number of fused-ring (bicyclic) bond motifs is 1. The number of nitrogens with one attached hydrogen (secondary N) is 1. The molecule has 1 N–H and O–H groups in total. The summed E-state index contributed by atoms with van der Waals surface area (Å²) in [5, 5.41) is 14.4. The number of pyridine rings is 1. The molecule has 1 saturated heterocycles. The molecule has 1 aliphatic heterocycles. The van der Waals surface area contributed by atoms with Gasteiger partial charge in [-0.05, 0) is 35.7 Å². The monoisotopic (exact) mass is 278 g/mol. The normalized spacial score (nSPS) is 15.6. The lowest BCUT2D eigenvalue weighted by molar-refractivity contribution is -0.391. The van der Waals surface area contributed by atoms with Gasteiger partial charge in [0.05, 0.1) is 6.20 Å². The third-order valence-electron chi connectivity index (χ3n) is 3.21. The fraction of sp³-hybridized carbons (Fsp3) is 0.417. The van der Waals surface area contributed by atoms with Crippen LogP contribution in [0.25, 0.3) is 5.65 Å². The molecule has 3 heterocycles. The highest BCUT2D eigenvalue weighted by molar-refractivity contribution is 7.98. The van der Waals surface area contributed by atoms with Gasteiger partial charge in [-0.2, -0.15) is 16.2 Å². The van der Waals surface area contributed by atoms with Crippen molar-refractivity contribution in [3.63, 3.8) is 0 Å². The molecule has 3 rings (SSSR count). The Morgan fingerprint density at radius 2 is 2.37 bits per heavy atom. The van der Waals surface area contributed by atoms with E-state index in [4.69, 9.17) is 0 Å². The van der Waals surface area contributed by atoms with Gasteiger partial charge in [-0.3, -0.25) is 0 Å². The zero-order valence-electron chi connectivity index (χ0n) is 10.3. The molecule has 0 unspecified atom stereocenters. The summed E-state index contributed by atoms with van der Waals surface area (Å²) in [4.78, 5) is 15.2. The van der Waals surface area contributed by atoms with Crippen LogP contribution in [0.4, 0.5) is 5.82 Å². The van der Waals surface area contributed by atoms with Crippen LogP contribution in [0.2, 0.25) is 0 Å². The second-order valence-corrected chi connectivity index (χ2v) is 5.64. The molecule has 7 heteroatoms. The first-order valence-electron chi connectivity index (χ1n) is 6.14. The Morgan fingerprint density at radius 1 is 1.53 bits per heavy atom. The molecule has 1 fully saturated rings. The maximum Gasteiger partial charge on any atom is 0.351 e. The summed E-state index contributed by atoms with van der Waals surface area (Å²) in [7, 11) is 0. The molecule has 1 aliphatic rings. The van der Waals surface area contributed by atoms with Crippen molar-refractivity contribution in [1.82, 2.24) is 14.7 Å². The first-order valence-corrected chi connectivity index (χ1v) is 7.30. The van der Waals surface area contributed by atoms with E-state index < -0.39 is 0 Å². The number of nitrogens with zero attached hydrogens (tertiary/aromatic N) is 3. The van der Waals surface area contributed by atoms with E-state index in [-0.39, 0.29) is 10.7 Å². The molecular formula is C12H14N4O2S. The van der Waals surface area contributed by atoms with Crippen molar-refractivity contribution in [3.8, 4) is 0 Å². The summed E-state index contributed by atoms with van der Waals surface area (Å²) in [5.41, 5.74) is 1.20. The Hall–Kier alpha value is -1.60. The zero-order chi connectivity index (χ0) is 13.2. The van der Waals surface area contributed by atoms with Crippen molar-refractivity contribution in [2.24, 2.45) is 5.92 Å². The smallest absolute Gasteiger partial charge is 0.351 e. The van der Waals surface area contributed by atoms with Crippen LogP contribution in [0.1, 0.15) is 5.69 Å². The number of rotatable bonds is 5. The number of hydrogen-bond acceptors (Lipinski definition) is 5. The first-order chi connectivity index (χ1) is 9.25. The summed E-state index contributed by atoms with van der Waals surface area (Å²) in [5.74, 6) is 2.41. The van der Waals surface area contributed by atoms with Crippen molar-refractivity contribution >= 4 is 23.2 Å². The van der Waals surface area contributed by atoms with Gasteiger partial charge in [-0.25, -0.2) is 4.98 Å². The molecule has 0 aromatic carbocycles. The highest BCUT2D eigenvalue weighted by Gasteiger charge is 2.23. The van der Waals surface area contributed by atoms with Crippen LogP contribution in [0.5, 0.6) is 0 Å². The molecule has 2 aromatic rings. The maximum absolute atomic E-state index is 11.2. The second kappa shape index (κ2) is 5.18. The molecule has 0 aliphatic carbocycles. The Balaban J connectivity index is 1.80. The van der Waals surface area contributed by atoms with Crippen LogP contribution in [-0.4, -0.2) is 33.2 Å². The lowest BCUT2D eigenvalue weighted by atomic mass is 10.1. The zero-order valence-corrected chi connectivity index (χ0v) is 11.1. The summed E-state index contributed by atoms with van der Waals surface area (Å²) in [6, 6.07) is 5.40. The van der Waals surface area contributed by atoms with E-state index in [1.165, 1.54) is 0 Å². The van der Waals surface area contributed by atoms with Crippen molar-refractivity contribution in [3.05, 3.63) is 40.2 Å². The summed E-state index contributed by atoms with van der Waals surface area (Å²) in [6.45, 7) is 2.11. The average molecular weight is 278 g/mol. The Bertz CT molecular complexity index is 609. The molecule has 0 bridgehead atoms. The SMILES string of the molecule is O=[N+]([O-])c1c(CSCC2CNC2)nc2ccccn12. The van der Waals surface area contributed by atoms with E-state index in [9.17, 15) is 10.1 Å². The number of nitro groups is 1. The molecule has 100 valence electrons. The number of thioether (sulfide) groups is 1. The lowest BCUT2D eigenvalue weighted by Gasteiger charge is -2.26. The lowest BCUT2D eigenvalue weighted by Crippen LogP contribution is -2.43. The van der Waals surface area contributed by atoms with E-state index >= 15 is 0 Å². The van der Waals surface area contributed by atoms with Gasteiger partial charge in [-0.1, -0.05) is 6.07 Å². The van der Waals surface area contributed by atoms with Gasteiger partial charge in [0.15, 0.2) is 0 Å². The van der Waals surface area contributed by atoms with E-state index in [1.54, 1.807) is 34.5 Å². The number of imidazole rings is 1. The Kier molecular flexibility index (Phi) is 3.39. The van der Waals surface area contributed by atoms with Crippen LogP contribution < -0.4 is 5.32 Å². The van der Waals surface area contributed by atoms with Gasteiger partial charge >= 0.3 is 5.82 Å². The van der Waals surface area contributed by atoms with Crippen LogP contribution >= 0.6 is 11.8 Å². The van der Waals surface area contributed by atoms with Gasteiger partial charge in [-0.15, -0.1) is 0 Å². The molecule has 0 amide bonds. The minimum absolute atomic E-state index is 0.0924. The number of hydrogen-bond donors (Lipinski definition) is 1. The third kappa shape index (κ3) is 2.43. The highest BCUT2D eigenvalue weighted by atomic mass is 32.2. The molecule has 6 nitrogen and oxygen atoms in total. The van der Waals surface area contributed by atoms with Crippen LogP contribution in [0.15, 0.2) is 24.4 Å². The Labute approximate surface area is 114 Å². The predicted molar refractivity (Wildman–Crippen MR) is 74.4 cm³/mol. The summed E-state index contributed by atoms with van der Waals surface area (Å²) >= 11 is 1.72. The molecule has 0 radical (unpaired) electrons. The van der Waals surface area contributed by atoms with Gasteiger partial charge < -0.3 is 15.4 Å². The van der Waals surface area contributed by atoms with E-state index in [2.05, 4.69) is 10.3 Å². The molecule has 0 saturated carbocycles. The van der Waals surface area contributed by atoms with Gasteiger partial charge in [0, 0.05) is 11.8 Å². The van der Waals surface area contributed by atoms with Crippen LogP contribution in [0.3, 0.4) is 0 Å². The minimum atomic E-state index is -0.346. The summed E-state index contributed by atoms with van der Waals surface area (Å²) < 4.78 is 1.54. The van der Waals surface area contributed by atoms with Gasteiger partial charge in [0.2, 0.25) is 5.65 Å². The van der Waals surface area contributed by atoms with Crippen LogP contribution in [0, 0.1) is 16.0 Å². The highest BCUT2D eigenvalue weighted by Crippen LogP contribution is 2.25. The molecule has 2 aromatic heterocycles. The number of aromatic nitrogens is 2. The largest absolute Gasteiger partial charge is 0.358 e. The third-order valence-corrected chi connectivity index (χ3v) is 4.39. The first kappa shape index (κ1) is 12.4. The summed E-state index contributed by atoms with van der Waals surface area (Å²) in [6.07, 6.45) is 1.69. The molecule has 19 heavy (non-hydrogen) atoms. The fourth-order valence-corrected chi connectivity index (χ4v) is 3.18. The fourth-order valence-electron chi connectivity index (χ4n) is 2.11. The van der Waals surface area contributed by atoms with Gasteiger partial charge in [0.25, 0.3) is 0 Å². The predicted octanol–water partition coefficient (Wildman–Crippen LogP) is 1.70. The molecule has 0 atom stereocenters. The van der Waals surface area contributed by atoms with Crippen molar-refractivity contribution in [1.29, 1.82) is 0 Å². The van der Waals surface area contributed by atoms with Gasteiger partial charge in [0.1, 0.15) is 5.69 Å². The van der Waals surface area contributed by atoms with E-state index in [0.717, 1.165) is 18.8 Å². The Morgan fingerprint density at radius 3 is 3.05 bits per heavy atom. The second-order valence-electron chi connectivity index (χ2n) is 4.61. The van der Waals surface area contributed by atoms with Crippen molar-refractivity contribution in [2.75, 3.05) is 18.8 Å². The quantitative estimate of drug-likeness (QED) is 0.665. The maximum atomic E-state index is 11.2. The van der Waals surface area contributed by atoms with Crippen molar-refractivity contribution < 1.29 is 4.92 Å².